The lowest BCUT2D eigenvalue weighted by Gasteiger charge is -2.21. The molecule has 1 heterocycles. The topological polar surface area (TPSA) is 28.2 Å². The number of aromatic nitrogens is 1. The highest BCUT2D eigenvalue weighted by Gasteiger charge is 2.03. The van der Waals surface area contributed by atoms with E-state index < -0.39 is 0 Å². The Morgan fingerprint density at radius 1 is 0.950 bits per heavy atom. The standard InChI is InChI=1S/C17H31N3/c1-3-5-13-20(14-6-4-2)15-7-10-19-16-17-8-11-18-12-9-17/h8-9,11-12,19H,3-7,10,13-16H2,1-2H3. The number of hydrogen-bond acceptors (Lipinski definition) is 3. The smallest absolute Gasteiger partial charge is 0.0271 e. The average Bonchev–Trinajstić information content (AvgIpc) is 2.50. The molecule has 0 saturated carbocycles. The maximum absolute atomic E-state index is 4.04. The van der Waals surface area contributed by atoms with Crippen molar-refractivity contribution in [3.05, 3.63) is 30.1 Å². The van der Waals surface area contributed by atoms with E-state index in [0.717, 1.165) is 13.1 Å². The Kier molecular flexibility index (Phi) is 10.2. The van der Waals surface area contributed by atoms with Crippen LogP contribution in [-0.4, -0.2) is 36.1 Å². The summed E-state index contributed by atoms with van der Waals surface area (Å²) in [7, 11) is 0. The Balaban J connectivity index is 2.09. The number of rotatable bonds is 12. The van der Waals surface area contributed by atoms with E-state index in [9.17, 15) is 0 Å². The molecule has 0 atom stereocenters. The highest BCUT2D eigenvalue weighted by atomic mass is 15.1. The SMILES string of the molecule is CCCCN(CCCC)CCCNCc1ccncc1. The van der Waals surface area contributed by atoms with Crippen molar-refractivity contribution in [2.75, 3.05) is 26.2 Å². The van der Waals surface area contributed by atoms with Crippen molar-refractivity contribution in [1.29, 1.82) is 0 Å². The number of unbranched alkanes of at least 4 members (excludes halogenated alkanes) is 2. The predicted molar refractivity (Wildman–Crippen MR) is 86.8 cm³/mol. The van der Waals surface area contributed by atoms with Gasteiger partial charge in [-0.3, -0.25) is 4.98 Å². The van der Waals surface area contributed by atoms with E-state index in [2.05, 4.69) is 41.2 Å². The molecule has 3 heteroatoms. The summed E-state index contributed by atoms with van der Waals surface area (Å²) in [5.41, 5.74) is 1.31. The molecule has 0 unspecified atom stereocenters. The van der Waals surface area contributed by atoms with E-state index in [1.165, 1.54) is 57.3 Å². The number of hydrogen-bond donors (Lipinski definition) is 1. The third-order valence-electron chi connectivity index (χ3n) is 3.56. The first-order valence-electron chi connectivity index (χ1n) is 8.18. The zero-order valence-electron chi connectivity index (χ0n) is 13.3. The van der Waals surface area contributed by atoms with Crippen molar-refractivity contribution in [2.45, 2.75) is 52.5 Å². The first kappa shape index (κ1) is 17.1. The highest BCUT2D eigenvalue weighted by molar-refractivity contribution is 5.08. The Morgan fingerprint density at radius 2 is 1.55 bits per heavy atom. The lowest BCUT2D eigenvalue weighted by Crippen LogP contribution is -2.29. The van der Waals surface area contributed by atoms with Crippen LogP contribution in [0.5, 0.6) is 0 Å². The van der Waals surface area contributed by atoms with Crippen LogP contribution in [0, 0.1) is 0 Å². The van der Waals surface area contributed by atoms with Crippen LogP contribution in [-0.2, 0) is 6.54 Å². The molecular weight excluding hydrogens is 246 g/mol. The molecule has 1 aromatic rings. The summed E-state index contributed by atoms with van der Waals surface area (Å²) in [6, 6.07) is 4.14. The fourth-order valence-electron chi connectivity index (χ4n) is 2.26. The summed E-state index contributed by atoms with van der Waals surface area (Å²) in [4.78, 5) is 6.66. The quantitative estimate of drug-likeness (QED) is 0.593. The van der Waals surface area contributed by atoms with Crippen molar-refractivity contribution in [1.82, 2.24) is 15.2 Å². The summed E-state index contributed by atoms with van der Waals surface area (Å²) in [6.07, 6.45) is 10.2. The molecule has 0 bridgehead atoms. The molecule has 0 aliphatic rings. The molecule has 1 aromatic heterocycles. The fourth-order valence-corrected chi connectivity index (χ4v) is 2.26. The van der Waals surface area contributed by atoms with E-state index in [1.54, 1.807) is 0 Å². The van der Waals surface area contributed by atoms with Gasteiger partial charge in [-0.1, -0.05) is 26.7 Å². The van der Waals surface area contributed by atoms with Crippen molar-refractivity contribution >= 4 is 0 Å². The lowest BCUT2D eigenvalue weighted by atomic mass is 10.2. The van der Waals surface area contributed by atoms with Gasteiger partial charge < -0.3 is 10.2 Å². The third kappa shape index (κ3) is 8.28. The molecule has 0 aliphatic heterocycles. The molecule has 0 amide bonds. The summed E-state index contributed by atoms with van der Waals surface area (Å²) < 4.78 is 0. The van der Waals surface area contributed by atoms with E-state index >= 15 is 0 Å². The van der Waals surface area contributed by atoms with Crippen LogP contribution < -0.4 is 5.32 Å². The Bertz CT molecular complexity index is 305. The van der Waals surface area contributed by atoms with Gasteiger partial charge in [0.1, 0.15) is 0 Å². The van der Waals surface area contributed by atoms with Gasteiger partial charge in [0.15, 0.2) is 0 Å². The number of pyridine rings is 1. The number of nitrogens with zero attached hydrogens (tertiary/aromatic N) is 2. The minimum absolute atomic E-state index is 0.951. The normalized spacial score (nSPS) is 11.2. The van der Waals surface area contributed by atoms with Gasteiger partial charge in [0.2, 0.25) is 0 Å². The monoisotopic (exact) mass is 277 g/mol. The van der Waals surface area contributed by atoms with E-state index in [0.29, 0.717) is 0 Å². The van der Waals surface area contributed by atoms with Crippen LogP contribution in [0.15, 0.2) is 24.5 Å². The second-order valence-electron chi connectivity index (χ2n) is 5.43. The maximum atomic E-state index is 4.04. The second kappa shape index (κ2) is 11.9. The minimum atomic E-state index is 0.951. The Labute approximate surface area is 124 Å². The summed E-state index contributed by atoms with van der Waals surface area (Å²) in [5.74, 6) is 0. The molecule has 114 valence electrons. The van der Waals surface area contributed by atoms with Crippen molar-refractivity contribution in [3.8, 4) is 0 Å². The van der Waals surface area contributed by atoms with Crippen LogP contribution in [0.25, 0.3) is 0 Å². The molecule has 0 aromatic carbocycles. The van der Waals surface area contributed by atoms with E-state index in [1.807, 2.05) is 12.4 Å². The fraction of sp³-hybridized carbons (Fsp3) is 0.706. The summed E-state index contributed by atoms with van der Waals surface area (Å²) in [6.45, 7) is 10.3. The maximum Gasteiger partial charge on any atom is 0.0271 e. The molecule has 20 heavy (non-hydrogen) atoms. The average molecular weight is 277 g/mol. The van der Waals surface area contributed by atoms with Crippen molar-refractivity contribution in [2.24, 2.45) is 0 Å². The van der Waals surface area contributed by atoms with Crippen LogP contribution in [0.4, 0.5) is 0 Å². The van der Waals surface area contributed by atoms with Gasteiger partial charge in [-0.2, -0.15) is 0 Å². The van der Waals surface area contributed by atoms with Gasteiger partial charge in [-0.25, -0.2) is 0 Å². The van der Waals surface area contributed by atoms with Gasteiger partial charge in [0, 0.05) is 18.9 Å². The Morgan fingerprint density at radius 3 is 2.15 bits per heavy atom. The van der Waals surface area contributed by atoms with Crippen LogP contribution >= 0.6 is 0 Å². The molecule has 0 saturated heterocycles. The first-order valence-corrected chi connectivity index (χ1v) is 8.18. The van der Waals surface area contributed by atoms with Gasteiger partial charge >= 0.3 is 0 Å². The number of nitrogens with one attached hydrogen (secondary N) is 1. The lowest BCUT2D eigenvalue weighted by molar-refractivity contribution is 0.261. The van der Waals surface area contributed by atoms with Gasteiger partial charge in [0.25, 0.3) is 0 Å². The van der Waals surface area contributed by atoms with Crippen LogP contribution in [0.1, 0.15) is 51.5 Å². The Hall–Kier alpha value is -0.930. The van der Waals surface area contributed by atoms with Gasteiger partial charge in [-0.15, -0.1) is 0 Å². The van der Waals surface area contributed by atoms with E-state index in [-0.39, 0.29) is 0 Å². The predicted octanol–water partition coefficient (Wildman–Crippen LogP) is 3.46. The highest BCUT2D eigenvalue weighted by Crippen LogP contribution is 2.00. The van der Waals surface area contributed by atoms with E-state index in [4.69, 9.17) is 0 Å². The molecule has 0 fully saturated rings. The molecule has 3 nitrogen and oxygen atoms in total. The molecule has 1 N–H and O–H groups in total. The van der Waals surface area contributed by atoms with Crippen LogP contribution in [0.2, 0.25) is 0 Å². The summed E-state index contributed by atoms with van der Waals surface area (Å²) >= 11 is 0. The molecule has 0 spiro atoms. The van der Waals surface area contributed by atoms with Gasteiger partial charge in [0.05, 0.1) is 0 Å². The molecule has 1 rings (SSSR count). The third-order valence-corrected chi connectivity index (χ3v) is 3.56. The molecule has 0 aliphatic carbocycles. The molecular formula is C17H31N3. The molecule has 0 radical (unpaired) electrons. The van der Waals surface area contributed by atoms with Gasteiger partial charge in [-0.05, 0) is 63.1 Å². The zero-order valence-corrected chi connectivity index (χ0v) is 13.3. The summed E-state index contributed by atoms with van der Waals surface area (Å²) in [5, 5.41) is 3.51. The van der Waals surface area contributed by atoms with Crippen LogP contribution in [0.3, 0.4) is 0 Å². The zero-order chi connectivity index (χ0) is 14.5. The minimum Gasteiger partial charge on any atom is -0.313 e. The largest absolute Gasteiger partial charge is 0.313 e. The second-order valence-corrected chi connectivity index (χ2v) is 5.43. The van der Waals surface area contributed by atoms with Crippen molar-refractivity contribution in [3.63, 3.8) is 0 Å². The first-order chi connectivity index (χ1) is 9.86. The van der Waals surface area contributed by atoms with Crippen molar-refractivity contribution < 1.29 is 0 Å².